The molecule has 0 fully saturated rings. The van der Waals surface area contributed by atoms with Gasteiger partial charge in [-0.25, -0.2) is 14.4 Å². The molecule has 1 amide bonds. The molecule has 1 atom stereocenters. The van der Waals surface area contributed by atoms with Crippen LogP contribution in [0.25, 0.3) is 0 Å². The topological polar surface area (TPSA) is 90.9 Å². The Morgan fingerprint density at radius 3 is 2.22 bits per heavy atom. The average molecular weight is 259 g/mol. The zero-order chi connectivity index (χ0) is 14.0. The lowest BCUT2D eigenvalue weighted by molar-refractivity contribution is -0.140. The summed E-state index contributed by atoms with van der Waals surface area (Å²) in [6.45, 7) is 3.50. The van der Waals surface area contributed by atoms with Gasteiger partial charge in [-0.2, -0.15) is 0 Å². The molecule has 0 aromatic rings. The van der Waals surface area contributed by atoms with Crippen molar-refractivity contribution in [2.75, 3.05) is 20.3 Å². The maximum absolute atomic E-state index is 11.2. The number of carbonyl (C=O) groups excluding carboxylic acids is 3. The minimum atomic E-state index is -0.693. The summed E-state index contributed by atoms with van der Waals surface area (Å²) in [5.41, 5.74) is 0. The molecule has 0 aliphatic carbocycles. The van der Waals surface area contributed by atoms with Gasteiger partial charge in [0.05, 0.1) is 19.8 Å². The van der Waals surface area contributed by atoms with Crippen LogP contribution in [0.3, 0.4) is 0 Å². The largest absolute Gasteiger partial charge is 0.463 e. The molecule has 7 heteroatoms. The molecule has 0 heterocycles. The van der Waals surface area contributed by atoms with Gasteiger partial charge < -0.3 is 19.5 Å². The van der Waals surface area contributed by atoms with E-state index in [1.807, 2.05) is 0 Å². The van der Waals surface area contributed by atoms with Crippen LogP contribution in [-0.4, -0.2) is 44.4 Å². The van der Waals surface area contributed by atoms with Crippen LogP contribution in [0.5, 0.6) is 0 Å². The number of rotatable bonds is 6. The molecule has 0 saturated carbocycles. The van der Waals surface area contributed by atoms with Crippen LogP contribution < -0.4 is 5.32 Å². The van der Waals surface area contributed by atoms with Gasteiger partial charge in [0.1, 0.15) is 6.61 Å². The lowest BCUT2D eigenvalue weighted by Crippen LogP contribution is -2.36. The second kappa shape index (κ2) is 9.03. The second-order valence-electron chi connectivity index (χ2n) is 3.25. The molecule has 0 aromatic carbocycles. The first-order chi connectivity index (χ1) is 8.49. The molecule has 0 spiro atoms. The van der Waals surface area contributed by atoms with Gasteiger partial charge in [0, 0.05) is 12.2 Å². The number of ether oxygens (including phenoxy) is 3. The van der Waals surface area contributed by atoms with Gasteiger partial charge in [0.25, 0.3) is 0 Å². The SMILES string of the molecule is CCOC(=O)/C=C/C(=O)OC[C@@H](C)NC(=O)OC. The van der Waals surface area contributed by atoms with Crippen LogP contribution >= 0.6 is 0 Å². The van der Waals surface area contributed by atoms with Gasteiger partial charge in [-0.1, -0.05) is 0 Å². The van der Waals surface area contributed by atoms with E-state index in [0.717, 1.165) is 12.2 Å². The lowest BCUT2D eigenvalue weighted by atomic mass is 10.4. The van der Waals surface area contributed by atoms with Crippen molar-refractivity contribution in [3.63, 3.8) is 0 Å². The number of hydrogen-bond acceptors (Lipinski definition) is 6. The minimum Gasteiger partial charge on any atom is -0.463 e. The molecule has 0 radical (unpaired) electrons. The van der Waals surface area contributed by atoms with Crippen LogP contribution in [0.15, 0.2) is 12.2 Å². The molecule has 0 bridgehead atoms. The number of esters is 2. The number of amides is 1. The summed E-state index contributed by atoms with van der Waals surface area (Å²) < 4.78 is 13.7. The summed E-state index contributed by atoms with van der Waals surface area (Å²) in [7, 11) is 1.23. The van der Waals surface area contributed by atoms with Gasteiger partial charge in [-0.05, 0) is 13.8 Å². The van der Waals surface area contributed by atoms with E-state index in [1.54, 1.807) is 13.8 Å². The molecule has 0 saturated heterocycles. The number of hydrogen-bond donors (Lipinski definition) is 1. The van der Waals surface area contributed by atoms with E-state index in [1.165, 1.54) is 7.11 Å². The first-order valence-corrected chi connectivity index (χ1v) is 5.35. The van der Waals surface area contributed by atoms with Gasteiger partial charge >= 0.3 is 18.0 Å². The van der Waals surface area contributed by atoms with Crippen molar-refractivity contribution in [2.24, 2.45) is 0 Å². The van der Waals surface area contributed by atoms with Crippen molar-refractivity contribution < 1.29 is 28.6 Å². The second-order valence-corrected chi connectivity index (χ2v) is 3.25. The molecule has 0 aromatic heterocycles. The quantitative estimate of drug-likeness (QED) is 0.421. The number of methoxy groups -OCH3 is 1. The molecule has 0 unspecified atom stereocenters. The third-order valence-corrected chi connectivity index (χ3v) is 1.67. The van der Waals surface area contributed by atoms with Crippen molar-refractivity contribution in [1.82, 2.24) is 5.32 Å². The van der Waals surface area contributed by atoms with Crippen molar-refractivity contribution in [3.8, 4) is 0 Å². The van der Waals surface area contributed by atoms with Crippen molar-refractivity contribution in [1.29, 1.82) is 0 Å². The van der Waals surface area contributed by atoms with Crippen molar-refractivity contribution >= 4 is 18.0 Å². The first kappa shape index (κ1) is 16.0. The third kappa shape index (κ3) is 8.14. The molecule has 18 heavy (non-hydrogen) atoms. The predicted octanol–water partition coefficient (Wildman–Crippen LogP) is 0.393. The summed E-state index contributed by atoms with van der Waals surface area (Å²) in [6.07, 6.45) is 1.33. The van der Waals surface area contributed by atoms with Crippen molar-refractivity contribution in [2.45, 2.75) is 19.9 Å². The number of carbonyl (C=O) groups is 3. The number of nitrogens with one attached hydrogen (secondary N) is 1. The minimum absolute atomic E-state index is 0.0267. The zero-order valence-corrected chi connectivity index (χ0v) is 10.6. The molecule has 0 aliphatic heterocycles. The Balaban J connectivity index is 3.89. The number of alkyl carbamates (subject to hydrolysis) is 1. The predicted molar refractivity (Wildman–Crippen MR) is 61.7 cm³/mol. The smallest absolute Gasteiger partial charge is 0.407 e. The van der Waals surface area contributed by atoms with Gasteiger partial charge in [-0.3, -0.25) is 0 Å². The Hall–Kier alpha value is -2.05. The highest BCUT2D eigenvalue weighted by Gasteiger charge is 2.08. The third-order valence-electron chi connectivity index (χ3n) is 1.67. The Labute approximate surface area is 105 Å². The van der Waals surface area contributed by atoms with E-state index in [2.05, 4.69) is 14.8 Å². The van der Waals surface area contributed by atoms with E-state index < -0.39 is 24.1 Å². The fourth-order valence-electron chi connectivity index (χ4n) is 0.883. The summed E-state index contributed by atoms with van der Waals surface area (Å²) in [5, 5.41) is 2.42. The summed E-state index contributed by atoms with van der Waals surface area (Å²) in [5.74, 6) is -1.31. The Morgan fingerprint density at radius 2 is 1.72 bits per heavy atom. The Bertz CT molecular complexity index is 325. The van der Waals surface area contributed by atoms with Crippen LogP contribution in [0.4, 0.5) is 4.79 Å². The molecule has 0 rings (SSSR count). The average Bonchev–Trinajstić information content (AvgIpc) is 2.34. The lowest BCUT2D eigenvalue weighted by Gasteiger charge is -2.12. The normalized spacial score (nSPS) is 11.7. The van der Waals surface area contributed by atoms with Gasteiger partial charge in [-0.15, -0.1) is 0 Å². The van der Waals surface area contributed by atoms with E-state index in [9.17, 15) is 14.4 Å². The van der Waals surface area contributed by atoms with Crippen LogP contribution in [-0.2, 0) is 23.8 Å². The Kier molecular flexibility index (Phi) is 8.00. The summed E-state index contributed by atoms with van der Waals surface area (Å²) in [4.78, 5) is 32.8. The molecular weight excluding hydrogens is 242 g/mol. The van der Waals surface area contributed by atoms with E-state index in [4.69, 9.17) is 4.74 Å². The highest BCUT2D eigenvalue weighted by atomic mass is 16.5. The summed E-state index contributed by atoms with van der Waals surface area (Å²) in [6, 6.07) is -0.391. The fraction of sp³-hybridized carbons (Fsp3) is 0.545. The fourth-order valence-corrected chi connectivity index (χ4v) is 0.883. The highest BCUT2D eigenvalue weighted by Crippen LogP contribution is 1.89. The standard InChI is InChI=1S/C11H17NO6/c1-4-17-9(13)5-6-10(14)18-7-8(2)12-11(15)16-3/h5-6,8H,4,7H2,1-3H3,(H,12,15)/b6-5+/t8-/m1/s1. The maximum atomic E-state index is 11.2. The monoisotopic (exact) mass is 259 g/mol. The summed E-state index contributed by atoms with van der Waals surface area (Å²) >= 11 is 0. The zero-order valence-electron chi connectivity index (χ0n) is 10.6. The van der Waals surface area contributed by atoms with E-state index in [0.29, 0.717) is 0 Å². The van der Waals surface area contributed by atoms with Crippen LogP contribution in [0, 0.1) is 0 Å². The molecule has 1 N–H and O–H groups in total. The first-order valence-electron chi connectivity index (χ1n) is 5.35. The van der Waals surface area contributed by atoms with Crippen molar-refractivity contribution in [3.05, 3.63) is 12.2 Å². The van der Waals surface area contributed by atoms with E-state index in [-0.39, 0.29) is 13.2 Å². The van der Waals surface area contributed by atoms with Gasteiger partial charge in [0.15, 0.2) is 0 Å². The molecular formula is C11H17NO6. The molecule has 0 aliphatic rings. The van der Waals surface area contributed by atoms with Gasteiger partial charge in [0.2, 0.25) is 0 Å². The highest BCUT2D eigenvalue weighted by molar-refractivity contribution is 5.91. The maximum Gasteiger partial charge on any atom is 0.407 e. The Morgan fingerprint density at radius 1 is 1.17 bits per heavy atom. The van der Waals surface area contributed by atoms with E-state index >= 15 is 0 Å². The van der Waals surface area contributed by atoms with Crippen LogP contribution in [0.2, 0.25) is 0 Å². The van der Waals surface area contributed by atoms with Crippen LogP contribution in [0.1, 0.15) is 13.8 Å². The molecule has 7 nitrogen and oxygen atoms in total. The molecule has 102 valence electrons.